The van der Waals surface area contributed by atoms with Gasteiger partial charge in [0.05, 0.1) is 6.26 Å². The van der Waals surface area contributed by atoms with Gasteiger partial charge >= 0.3 is 0 Å². The zero-order valence-electron chi connectivity index (χ0n) is 16.5. The van der Waals surface area contributed by atoms with Crippen molar-refractivity contribution in [1.29, 1.82) is 0 Å². The minimum atomic E-state index is -0.620. The predicted molar refractivity (Wildman–Crippen MR) is 108 cm³/mol. The Hall–Kier alpha value is -2.38. The normalized spacial score (nSPS) is 16.1. The average Bonchev–Trinajstić information content (AvgIpc) is 3.23. The van der Waals surface area contributed by atoms with Crippen LogP contribution in [0, 0.1) is 11.7 Å². The molecule has 8 heteroatoms. The molecule has 2 aromatic rings. The van der Waals surface area contributed by atoms with Crippen LogP contribution in [-0.4, -0.2) is 53.8 Å². The van der Waals surface area contributed by atoms with Crippen LogP contribution in [-0.2, 0) is 11.3 Å². The Kier molecular flexibility index (Phi) is 6.92. The third-order valence-corrected chi connectivity index (χ3v) is 5.41. The zero-order valence-corrected chi connectivity index (χ0v) is 17.3. The molecule has 0 bridgehead atoms. The smallest absolute Gasteiger partial charge is 0.287 e. The molecule has 0 radical (unpaired) electrons. The summed E-state index contributed by atoms with van der Waals surface area (Å²) >= 11 is 6.12. The number of halogens is 2. The molecule has 1 saturated heterocycles. The molecule has 0 spiro atoms. The topological polar surface area (TPSA) is 65.8 Å². The van der Waals surface area contributed by atoms with E-state index in [4.69, 9.17) is 16.0 Å². The Morgan fingerprint density at radius 1 is 1.21 bits per heavy atom. The van der Waals surface area contributed by atoms with Crippen molar-refractivity contribution in [3.05, 3.63) is 58.8 Å². The molecule has 0 saturated carbocycles. The summed E-state index contributed by atoms with van der Waals surface area (Å²) in [5.41, 5.74) is 0.860. The first-order chi connectivity index (χ1) is 13.8. The van der Waals surface area contributed by atoms with Gasteiger partial charge in [0.2, 0.25) is 5.91 Å². The second-order valence-corrected chi connectivity index (χ2v) is 7.92. The Morgan fingerprint density at radius 3 is 2.52 bits per heavy atom. The van der Waals surface area contributed by atoms with Crippen LogP contribution in [0.4, 0.5) is 4.39 Å². The molecule has 1 atom stereocenters. The largest absolute Gasteiger partial charge is 0.459 e. The van der Waals surface area contributed by atoms with Gasteiger partial charge in [-0.15, -0.1) is 0 Å². The van der Waals surface area contributed by atoms with E-state index < -0.39 is 11.9 Å². The summed E-state index contributed by atoms with van der Waals surface area (Å²) in [6.07, 6.45) is 1.42. The highest BCUT2D eigenvalue weighted by Gasteiger charge is 2.31. The molecule has 156 valence electrons. The molecular formula is C21H25ClFN3O3. The van der Waals surface area contributed by atoms with Crippen LogP contribution in [0.5, 0.6) is 0 Å². The minimum Gasteiger partial charge on any atom is -0.459 e. The monoisotopic (exact) mass is 421 g/mol. The van der Waals surface area contributed by atoms with E-state index in [-0.39, 0.29) is 23.4 Å². The van der Waals surface area contributed by atoms with E-state index in [1.807, 2.05) is 13.8 Å². The van der Waals surface area contributed by atoms with E-state index in [0.29, 0.717) is 37.7 Å². The molecule has 1 aliphatic rings. The number of amides is 2. The Labute approximate surface area is 174 Å². The van der Waals surface area contributed by atoms with E-state index in [1.165, 1.54) is 18.4 Å². The molecule has 3 rings (SSSR count). The number of carbonyl (C=O) groups is 2. The molecule has 2 amide bonds. The van der Waals surface area contributed by atoms with Crippen LogP contribution in [0.15, 0.2) is 41.0 Å². The second-order valence-electron chi connectivity index (χ2n) is 7.51. The number of piperazine rings is 1. The molecule has 1 unspecified atom stereocenters. The van der Waals surface area contributed by atoms with E-state index in [1.54, 1.807) is 23.1 Å². The number of furan rings is 1. The van der Waals surface area contributed by atoms with Gasteiger partial charge in [0.15, 0.2) is 5.76 Å². The minimum absolute atomic E-state index is 0.0579. The fourth-order valence-corrected chi connectivity index (χ4v) is 3.57. The Bertz CT molecular complexity index is 849. The number of carbonyl (C=O) groups excluding carboxylic acids is 2. The van der Waals surface area contributed by atoms with Crippen LogP contribution in [0.2, 0.25) is 5.02 Å². The molecule has 1 aromatic heterocycles. The molecule has 6 nitrogen and oxygen atoms in total. The summed E-state index contributed by atoms with van der Waals surface area (Å²) in [5, 5.41) is 3.20. The highest BCUT2D eigenvalue weighted by Crippen LogP contribution is 2.20. The van der Waals surface area contributed by atoms with Crippen LogP contribution in [0.1, 0.15) is 30.0 Å². The van der Waals surface area contributed by atoms with Crippen molar-refractivity contribution in [3.63, 3.8) is 0 Å². The number of hydrogen-bond acceptors (Lipinski definition) is 4. The number of hydrogen-bond donors (Lipinski definition) is 1. The van der Waals surface area contributed by atoms with Gasteiger partial charge in [-0.3, -0.25) is 14.5 Å². The fraction of sp³-hybridized carbons (Fsp3) is 0.429. The molecule has 0 aliphatic carbocycles. The summed E-state index contributed by atoms with van der Waals surface area (Å²) in [6, 6.07) is 6.98. The number of nitrogens with one attached hydrogen (secondary N) is 1. The van der Waals surface area contributed by atoms with Gasteiger partial charge in [0.1, 0.15) is 11.9 Å². The maximum absolute atomic E-state index is 13.2. The number of nitrogens with zero attached hydrogens (tertiary/aromatic N) is 2. The van der Waals surface area contributed by atoms with Crippen molar-refractivity contribution in [2.45, 2.75) is 26.4 Å². The number of rotatable bonds is 6. The van der Waals surface area contributed by atoms with Crippen LogP contribution >= 0.6 is 11.6 Å². The average molecular weight is 422 g/mol. The lowest BCUT2D eigenvalue weighted by Crippen LogP contribution is -2.56. The lowest BCUT2D eigenvalue weighted by atomic mass is 10.0. The molecule has 1 aromatic carbocycles. The van der Waals surface area contributed by atoms with Gasteiger partial charge in [-0.05, 0) is 35.7 Å². The van der Waals surface area contributed by atoms with E-state index in [0.717, 1.165) is 5.56 Å². The summed E-state index contributed by atoms with van der Waals surface area (Å²) in [6.45, 7) is 6.86. The molecular weight excluding hydrogens is 397 g/mol. The van der Waals surface area contributed by atoms with Gasteiger partial charge in [-0.1, -0.05) is 31.5 Å². The summed E-state index contributed by atoms with van der Waals surface area (Å²) < 4.78 is 18.3. The number of benzene rings is 1. The van der Waals surface area contributed by atoms with Gasteiger partial charge in [-0.2, -0.15) is 0 Å². The third-order valence-electron chi connectivity index (χ3n) is 5.06. The van der Waals surface area contributed by atoms with Crippen molar-refractivity contribution in [2.24, 2.45) is 5.92 Å². The highest BCUT2D eigenvalue weighted by atomic mass is 35.5. The molecule has 1 fully saturated rings. The fourth-order valence-electron chi connectivity index (χ4n) is 3.35. The first-order valence-corrected chi connectivity index (χ1v) is 10.0. The Morgan fingerprint density at radius 2 is 1.93 bits per heavy atom. The highest BCUT2D eigenvalue weighted by molar-refractivity contribution is 6.31. The molecule has 2 heterocycles. The third kappa shape index (κ3) is 5.36. The van der Waals surface area contributed by atoms with E-state index >= 15 is 0 Å². The van der Waals surface area contributed by atoms with Crippen molar-refractivity contribution >= 4 is 23.4 Å². The standard InChI is InChI=1S/C21H25ClFN3O3/c1-14(2)19(24-20(27)18-4-3-11-29-18)21(28)26-9-7-25(8-10-26)13-15-5-6-16(23)12-17(15)22/h3-6,11-12,14,19H,7-10,13H2,1-2H3,(H,24,27). The van der Waals surface area contributed by atoms with Gasteiger partial charge in [0, 0.05) is 37.7 Å². The van der Waals surface area contributed by atoms with Crippen LogP contribution < -0.4 is 5.32 Å². The lowest BCUT2D eigenvalue weighted by molar-refractivity contribution is -0.136. The summed E-state index contributed by atoms with van der Waals surface area (Å²) in [7, 11) is 0. The molecule has 29 heavy (non-hydrogen) atoms. The molecule has 1 aliphatic heterocycles. The summed E-state index contributed by atoms with van der Waals surface area (Å²) in [5.74, 6) is -0.724. The van der Waals surface area contributed by atoms with E-state index in [9.17, 15) is 14.0 Å². The first-order valence-electron chi connectivity index (χ1n) is 9.64. The summed E-state index contributed by atoms with van der Waals surface area (Å²) in [4.78, 5) is 29.2. The zero-order chi connectivity index (χ0) is 21.0. The van der Waals surface area contributed by atoms with E-state index in [2.05, 4.69) is 10.2 Å². The maximum atomic E-state index is 13.2. The molecule has 1 N–H and O–H groups in total. The van der Waals surface area contributed by atoms with Gasteiger partial charge in [-0.25, -0.2) is 4.39 Å². The van der Waals surface area contributed by atoms with Crippen LogP contribution in [0.25, 0.3) is 0 Å². The lowest BCUT2D eigenvalue weighted by Gasteiger charge is -2.37. The predicted octanol–water partition coefficient (Wildman–Crippen LogP) is 3.17. The van der Waals surface area contributed by atoms with Crippen molar-refractivity contribution < 1.29 is 18.4 Å². The van der Waals surface area contributed by atoms with Crippen molar-refractivity contribution in [3.8, 4) is 0 Å². The van der Waals surface area contributed by atoms with Gasteiger partial charge < -0.3 is 14.6 Å². The second kappa shape index (κ2) is 9.41. The van der Waals surface area contributed by atoms with Crippen molar-refractivity contribution in [2.75, 3.05) is 26.2 Å². The SMILES string of the molecule is CC(C)C(NC(=O)c1ccco1)C(=O)N1CCN(Cc2ccc(F)cc2Cl)CC1. The van der Waals surface area contributed by atoms with Gasteiger partial charge in [0.25, 0.3) is 5.91 Å². The van der Waals surface area contributed by atoms with Crippen LogP contribution in [0.3, 0.4) is 0 Å². The quantitative estimate of drug-likeness (QED) is 0.778. The first kappa shape index (κ1) is 21.3. The maximum Gasteiger partial charge on any atom is 0.287 e. The van der Waals surface area contributed by atoms with Crippen molar-refractivity contribution in [1.82, 2.24) is 15.1 Å². The Balaban J connectivity index is 1.56.